The van der Waals surface area contributed by atoms with Crippen molar-refractivity contribution in [1.82, 2.24) is 0 Å². The van der Waals surface area contributed by atoms with Gasteiger partial charge < -0.3 is 5.73 Å². The van der Waals surface area contributed by atoms with E-state index < -0.39 is 0 Å². The van der Waals surface area contributed by atoms with Crippen LogP contribution in [0.4, 0.5) is 0 Å². The van der Waals surface area contributed by atoms with Gasteiger partial charge in [-0.05, 0) is 51.5 Å². The Balaban J connectivity index is 3.85. The van der Waals surface area contributed by atoms with Crippen LogP contribution >= 0.6 is 0 Å². The second-order valence-electron chi connectivity index (χ2n) is 4.06. The van der Waals surface area contributed by atoms with E-state index >= 15 is 0 Å². The van der Waals surface area contributed by atoms with Crippen LogP contribution in [-0.2, 0) is 0 Å². The average Bonchev–Trinajstić information content (AvgIpc) is 2.17. The van der Waals surface area contributed by atoms with Crippen molar-refractivity contribution in [3.05, 3.63) is 11.6 Å². The van der Waals surface area contributed by atoms with Gasteiger partial charge in [0, 0.05) is 0 Å². The average molecular weight is 183 g/mol. The van der Waals surface area contributed by atoms with Gasteiger partial charge in [-0.2, -0.15) is 0 Å². The van der Waals surface area contributed by atoms with Gasteiger partial charge in [0.15, 0.2) is 0 Å². The number of allylic oxidation sites excluding steroid dienone is 2. The summed E-state index contributed by atoms with van der Waals surface area (Å²) in [5, 5.41) is 0. The minimum absolute atomic E-state index is 0.679. The Morgan fingerprint density at radius 3 is 2.38 bits per heavy atom. The first kappa shape index (κ1) is 12.7. The molecule has 0 aliphatic heterocycles. The molecule has 0 saturated carbocycles. The Morgan fingerprint density at radius 2 is 2.00 bits per heavy atom. The third-order valence-corrected chi connectivity index (χ3v) is 3.00. The van der Waals surface area contributed by atoms with Crippen LogP contribution in [0.5, 0.6) is 0 Å². The van der Waals surface area contributed by atoms with Crippen LogP contribution in [0.15, 0.2) is 11.6 Å². The molecule has 0 aromatic rings. The first-order chi connectivity index (χ1) is 6.15. The summed E-state index contributed by atoms with van der Waals surface area (Å²) in [6.45, 7) is 9.69. The van der Waals surface area contributed by atoms with Crippen molar-refractivity contribution in [3.8, 4) is 0 Å². The van der Waals surface area contributed by atoms with Gasteiger partial charge in [-0.25, -0.2) is 0 Å². The molecule has 0 amide bonds. The van der Waals surface area contributed by atoms with Crippen molar-refractivity contribution < 1.29 is 0 Å². The minimum atomic E-state index is 0.679. The van der Waals surface area contributed by atoms with Gasteiger partial charge in [-0.3, -0.25) is 0 Å². The van der Waals surface area contributed by atoms with E-state index in [1.54, 1.807) is 0 Å². The monoisotopic (exact) mass is 183 g/mol. The topological polar surface area (TPSA) is 26.0 Å². The minimum Gasteiger partial charge on any atom is -0.330 e. The van der Waals surface area contributed by atoms with E-state index in [0.717, 1.165) is 12.5 Å². The van der Waals surface area contributed by atoms with Crippen molar-refractivity contribution in [2.24, 2.45) is 17.6 Å². The van der Waals surface area contributed by atoms with E-state index in [-0.39, 0.29) is 0 Å². The predicted molar refractivity (Wildman–Crippen MR) is 60.7 cm³/mol. The van der Waals surface area contributed by atoms with Gasteiger partial charge >= 0.3 is 0 Å². The van der Waals surface area contributed by atoms with Crippen LogP contribution in [-0.4, -0.2) is 6.54 Å². The summed E-state index contributed by atoms with van der Waals surface area (Å²) < 4.78 is 0. The Morgan fingerprint density at radius 1 is 1.38 bits per heavy atom. The highest BCUT2D eigenvalue weighted by molar-refractivity contribution is 5.01. The molecule has 13 heavy (non-hydrogen) atoms. The molecule has 2 N–H and O–H groups in total. The Hall–Kier alpha value is -0.300. The van der Waals surface area contributed by atoms with Crippen LogP contribution in [0, 0.1) is 11.8 Å². The van der Waals surface area contributed by atoms with Crippen LogP contribution in [0.2, 0.25) is 0 Å². The van der Waals surface area contributed by atoms with E-state index in [1.807, 2.05) is 0 Å². The number of hydrogen-bond acceptors (Lipinski definition) is 1. The zero-order valence-corrected chi connectivity index (χ0v) is 9.64. The maximum Gasteiger partial charge on any atom is -0.00515 e. The first-order valence-corrected chi connectivity index (χ1v) is 5.48. The van der Waals surface area contributed by atoms with Crippen LogP contribution in [0.1, 0.15) is 47.0 Å². The second kappa shape index (κ2) is 7.14. The van der Waals surface area contributed by atoms with Crippen LogP contribution in [0.25, 0.3) is 0 Å². The standard InChI is InChI=1S/C12H25N/c1-5-11(4)12(6-2)8-7-10(3)9-13/h5,10,12H,6-9,13H2,1-4H3/b11-5+. The predicted octanol–water partition coefficient (Wildman–Crippen LogP) is 3.35. The highest BCUT2D eigenvalue weighted by Gasteiger charge is 2.09. The summed E-state index contributed by atoms with van der Waals surface area (Å²) in [7, 11) is 0. The molecule has 0 fully saturated rings. The zero-order chi connectivity index (χ0) is 10.3. The molecular formula is C12H25N. The SMILES string of the molecule is C/C=C(\C)C(CC)CCC(C)CN. The Bertz CT molecular complexity index is 149. The van der Waals surface area contributed by atoms with Crippen LogP contribution < -0.4 is 5.73 Å². The summed E-state index contributed by atoms with van der Waals surface area (Å²) in [4.78, 5) is 0. The molecule has 1 heteroatoms. The summed E-state index contributed by atoms with van der Waals surface area (Å²) >= 11 is 0. The lowest BCUT2D eigenvalue weighted by Crippen LogP contribution is -2.12. The molecule has 2 atom stereocenters. The molecule has 0 saturated heterocycles. The first-order valence-electron chi connectivity index (χ1n) is 5.48. The van der Waals surface area contributed by atoms with Crippen molar-refractivity contribution in [3.63, 3.8) is 0 Å². The molecule has 1 nitrogen and oxygen atoms in total. The highest BCUT2D eigenvalue weighted by Crippen LogP contribution is 2.22. The van der Waals surface area contributed by atoms with Crippen molar-refractivity contribution in [2.45, 2.75) is 47.0 Å². The normalized spacial score (nSPS) is 17.2. The third kappa shape index (κ3) is 5.09. The van der Waals surface area contributed by atoms with Gasteiger partial charge in [-0.1, -0.05) is 25.5 Å². The van der Waals surface area contributed by atoms with E-state index in [4.69, 9.17) is 5.73 Å². The van der Waals surface area contributed by atoms with Gasteiger partial charge in [0.25, 0.3) is 0 Å². The van der Waals surface area contributed by atoms with E-state index in [2.05, 4.69) is 33.8 Å². The van der Waals surface area contributed by atoms with Crippen molar-refractivity contribution in [1.29, 1.82) is 0 Å². The fourth-order valence-corrected chi connectivity index (χ4v) is 1.59. The van der Waals surface area contributed by atoms with Crippen molar-refractivity contribution in [2.75, 3.05) is 6.54 Å². The molecule has 0 rings (SSSR count). The number of rotatable bonds is 6. The third-order valence-electron chi connectivity index (χ3n) is 3.00. The fourth-order valence-electron chi connectivity index (χ4n) is 1.59. The molecule has 0 aliphatic carbocycles. The van der Waals surface area contributed by atoms with Gasteiger partial charge in [0.1, 0.15) is 0 Å². The van der Waals surface area contributed by atoms with E-state index in [9.17, 15) is 0 Å². The van der Waals surface area contributed by atoms with Gasteiger partial charge in [0.2, 0.25) is 0 Å². The molecule has 0 heterocycles. The van der Waals surface area contributed by atoms with E-state index in [1.165, 1.54) is 24.8 Å². The largest absolute Gasteiger partial charge is 0.330 e. The molecule has 0 aromatic heterocycles. The van der Waals surface area contributed by atoms with Gasteiger partial charge in [-0.15, -0.1) is 0 Å². The summed E-state index contributed by atoms with van der Waals surface area (Å²) in [6, 6.07) is 0. The quantitative estimate of drug-likeness (QED) is 0.628. The summed E-state index contributed by atoms with van der Waals surface area (Å²) in [6.07, 6.45) is 6.06. The van der Waals surface area contributed by atoms with E-state index in [0.29, 0.717) is 5.92 Å². The fraction of sp³-hybridized carbons (Fsp3) is 0.833. The lowest BCUT2D eigenvalue weighted by Gasteiger charge is -2.17. The Kier molecular flexibility index (Phi) is 6.97. The highest BCUT2D eigenvalue weighted by atomic mass is 14.5. The summed E-state index contributed by atoms with van der Waals surface area (Å²) in [5.74, 6) is 1.46. The molecule has 2 unspecified atom stereocenters. The lowest BCUT2D eigenvalue weighted by atomic mass is 9.89. The second-order valence-corrected chi connectivity index (χ2v) is 4.06. The summed E-state index contributed by atoms with van der Waals surface area (Å²) in [5.41, 5.74) is 7.13. The number of nitrogens with two attached hydrogens (primary N) is 1. The number of hydrogen-bond donors (Lipinski definition) is 1. The Labute approximate surface area is 83.4 Å². The zero-order valence-electron chi connectivity index (χ0n) is 9.64. The van der Waals surface area contributed by atoms with Crippen molar-refractivity contribution >= 4 is 0 Å². The molecule has 0 bridgehead atoms. The lowest BCUT2D eigenvalue weighted by molar-refractivity contribution is 0.441. The molecule has 0 spiro atoms. The maximum atomic E-state index is 5.59. The smallest absolute Gasteiger partial charge is 0.00515 e. The molecule has 78 valence electrons. The van der Waals surface area contributed by atoms with Crippen LogP contribution in [0.3, 0.4) is 0 Å². The molecular weight excluding hydrogens is 158 g/mol. The van der Waals surface area contributed by atoms with Gasteiger partial charge in [0.05, 0.1) is 0 Å². The molecule has 0 aromatic carbocycles. The maximum absolute atomic E-state index is 5.59. The molecule has 0 radical (unpaired) electrons. The molecule has 0 aliphatic rings.